The number of aliphatic carboxylic acids is 1. The third-order valence-corrected chi connectivity index (χ3v) is 5.17. The van der Waals surface area contributed by atoms with Crippen LogP contribution in [-0.2, 0) is 4.79 Å². The summed E-state index contributed by atoms with van der Waals surface area (Å²) in [5, 5.41) is 8.94. The van der Waals surface area contributed by atoms with Crippen molar-refractivity contribution in [2.24, 2.45) is 0 Å². The van der Waals surface area contributed by atoms with Crippen LogP contribution >= 0.6 is 15.9 Å². The lowest BCUT2D eigenvalue weighted by atomic mass is 10.1. The summed E-state index contributed by atoms with van der Waals surface area (Å²) in [6.45, 7) is 4.48. The van der Waals surface area contributed by atoms with Crippen molar-refractivity contribution in [2.45, 2.75) is 38.3 Å². The Kier molecular flexibility index (Phi) is 6.41. The molecule has 1 saturated heterocycles. The Morgan fingerprint density at radius 1 is 1.36 bits per heavy atom. The average molecular weight is 369 g/mol. The van der Waals surface area contributed by atoms with E-state index in [0.29, 0.717) is 12.1 Å². The molecule has 4 nitrogen and oxygen atoms in total. The molecule has 0 spiro atoms. The van der Waals surface area contributed by atoms with Gasteiger partial charge in [0.05, 0.1) is 6.54 Å². The van der Waals surface area contributed by atoms with Gasteiger partial charge in [0.15, 0.2) is 0 Å². The van der Waals surface area contributed by atoms with Crippen LogP contribution in [0.15, 0.2) is 28.7 Å². The van der Waals surface area contributed by atoms with Crippen LogP contribution in [0.2, 0.25) is 0 Å². The molecular formula is C17H25BrN2O2. The Balaban J connectivity index is 1.94. The molecule has 1 N–H and O–H groups in total. The number of halogens is 1. The number of hydrogen-bond acceptors (Lipinski definition) is 3. The van der Waals surface area contributed by atoms with E-state index >= 15 is 0 Å². The van der Waals surface area contributed by atoms with Crippen LogP contribution in [0.1, 0.15) is 37.8 Å². The molecule has 1 aliphatic rings. The average Bonchev–Trinajstić information content (AvgIpc) is 2.72. The molecule has 0 bridgehead atoms. The third-order valence-electron chi connectivity index (χ3n) is 4.64. The number of carboxylic acid groups (broad SMARTS) is 1. The van der Waals surface area contributed by atoms with Gasteiger partial charge in [0.1, 0.15) is 0 Å². The van der Waals surface area contributed by atoms with Gasteiger partial charge in [-0.3, -0.25) is 14.6 Å². The lowest BCUT2D eigenvalue weighted by molar-refractivity contribution is -0.138. The molecule has 0 aliphatic carbocycles. The Bertz CT molecular complexity index is 492. The number of nitrogens with zero attached hydrogens (tertiary/aromatic N) is 2. The highest BCUT2D eigenvalue weighted by Gasteiger charge is 2.24. The summed E-state index contributed by atoms with van der Waals surface area (Å²) in [5.41, 5.74) is 1.33. The molecule has 2 atom stereocenters. The predicted molar refractivity (Wildman–Crippen MR) is 92.0 cm³/mol. The first-order valence-corrected chi connectivity index (χ1v) is 8.68. The second kappa shape index (κ2) is 8.09. The number of carboxylic acids is 1. The highest BCUT2D eigenvalue weighted by atomic mass is 79.9. The van der Waals surface area contributed by atoms with Crippen LogP contribution in [-0.4, -0.2) is 53.6 Å². The van der Waals surface area contributed by atoms with Crippen molar-refractivity contribution in [3.8, 4) is 0 Å². The van der Waals surface area contributed by atoms with E-state index in [-0.39, 0.29) is 6.54 Å². The van der Waals surface area contributed by atoms with E-state index in [0.717, 1.165) is 36.8 Å². The normalized spacial score (nSPS) is 21.5. The number of rotatable bonds is 5. The lowest BCUT2D eigenvalue weighted by Gasteiger charge is -2.29. The second-order valence-corrected chi connectivity index (χ2v) is 7.07. The predicted octanol–water partition coefficient (Wildman–Crippen LogP) is 3.38. The summed E-state index contributed by atoms with van der Waals surface area (Å²) in [7, 11) is 1.92. The van der Waals surface area contributed by atoms with Crippen molar-refractivity contribution in [3.05, 3.63) is 34.3 Å². The summed E-state index contributed by atoms with van der Waals surface area (Å²) < 4.78 is 1.11. The van der Waals surface area contributed by atoms with E-state index in [9.17, 15) is 4.79 Å². The molecule has 1 fully saturated rings. The maximum atomic E-state index is 10.9. The number of likely N-dealkylation sites (N-methyl/N-ethyl adjacent to an activating group) is 1. The van der Waals surface area contributed by atoms with E-state index in [1.807, 2.05) is 11.9 Å². The van der Waals surface area contributed by atoms with E-state index in [1.54, 1.807) is 0 Å². The molecular weight excluding hydrogens is 344 g/mol. The SMILES string of the molecule is CC(c1ccc(Br)cc1)N1CCCC(N(C)CC(=O)O)CC1. The van der Waals surface area contributed by atoms with Crippen molar-refractivity contribution in [2.75, 3.05) is 26.7 Å². The van der Waals surface area contributed by atoms with Crippen LogP contribution in [0.3, 0.4) is 0 Å². The van der Waals surface area contributed by atoms with E-state index < -0.39 is 5.97 Å². The molecule has 0 aromatic heterocycles. The fraction of sp³-hybridized carbons (Fsp3) is 0.588. The van der Waals surface area contributed by atoms with Crippen LogP contribution < -0.4 is 0 Å². The van der Waals surface area contributed by atoms with Crippen molar-refractivity contribution in [1.82, 2.24) is 9.80 Å². The molecule has 0 amide bonds. The fourth-order valence-electron chi connectivity index (χ4n) is 3.22. The zero-order chi connectivity index (χ0) is 16.1. The lowest BCUT2D eigenvalue weighted by Crippen LogP contribution is -2.36. The van der Waals surface area contributed by atoms with Crippen molar-refractivity contribution >= 4 is 21.9 Å². The van der Waals surface area contributed by atoms with Crippen molar-refractivity contribution in [3.63, 3.8) is 0 Å². The number of benzene rings is 1. The number of hydrogen-bond donors (Lipinski definition) is 1. The van der Waals surface area contributed by atoms with Gasteiger partial charge in [-0.15, -0.1) is 0 Å². The van der Waals surface area contributed by atoms with Crippen LogP contribution in [0.25, 0.3) is 0 Å². The van der Waals surface area contributed by atoms with Gasteiger partial charge in [-0.25, -0.2) is 0 Å². The molecule has 2 rings (SSSR count). The fourth-order valence-corrected chi connectivity index (χ4v) is 3.49. The molecule has 5 heteroatoms. The quantitative estimate of drug-likeness (QED) is 0.864. The van der Waals surface area contributed by atoms with Crippen LogP contribution in [0.4, 0.5) is 0 Å². The summed E-state index contributed by atoms with van der Waals surface area (Å²) in [6.07, 6.45) is 3.23. The molecule has 2 unspecified atom stereocenters. The highest BCUT2D eigenvalue weighted by molar-refractivity contribution is 9.10. The molecule has 0 saturated carbocycles. The minimum Gasteiger partial charge on any atom is -0.480 e. The Hall–Kier alpha value is -0.910. The summed E-state index contributed by atoms with van der Waals surface area (Å²) in [4.78, 5) is 15.4. The van der Waals surface area contributed by atoms with E-state index in [4.69, 9.17) is 5.11 Å². The monoisotopic (exact) mass is 368 g/mol. The first-order chi connectivity index (χ1) is 10.5. The van der Waals surface area contributed by atoms with Crippen LogP contribution in [0, 0.1) is 0 Å². The maximum Gasteiger partial charge on any atom is 0.317 e. The zero-order valence-electron chi connectivity index (χ0n) is 13.3. The molecule has 22 heavy (non-hydrogen) atoms. The Morgan fingerprint density at radius 2 is 2.05 bits per heavy atom. The van der Waals surface area contributed by atoms with Gasteiger partial charge in [0.25, 0.3) is 0 Å². The van der Waals surface area contributed by atoms with Gasteiger partial charge in [0, 0.05) is 23.1 Å². The van der Waals surface area contributed by atoms with Gasteiger partial charge >= 0.3 is 5.97 Å². The first kappa shape index (κ1) is 17.4. The molecule has 1 aromatic rings. The summed E-state index contributed by atoms with van der Waals surface area (Å²) >= 11 is 3.48. The van der Waals surface area contributed by atoms with Gasteiger partial charge in [-0.05, 0) is 57.5 Å². The first-order valence-electron chi connectivity index (χ1n) is 7.89. The van der Waals surface area contributed by atoms with Crippen molar-refractivity contribution < 1.29 is 9.90 Å². The van der Waals surface area contributed by atoms with Crippen LogP contribution in [0.5, 0.6) is 0 Å². The van der Waals surface area contributed by atoms with Crippen molar-refractivity contribution in [1.29, 1.82) is 0 Å². The second-order valence-electron chi connectivity index (χ2n) is 6.16. The topological polar surface area (TPSA) is 43.8 Å². The molecule has 1 aromatic carbocycles. The molecule has 1 aliphatic heterocycles. The number of carbonyl (C=O) groups is 1. The highest BCUT2D eigenvalue weighted by Crippen LogP contribution is 2.26. The summed E-state index contributed by atoms with van der Waals surface area (Å²) in [6, 6.07) is 9.30. The third kappa shape index (κ3) is 4.80. The smallest absolute Gasteiger partial charge is 0.317 e. The Morgan fingerprint density at radius 3 is 2.68 bits per heavy atom. The van der Waals surface area contributed by atoms with Gasteiger partial charge in [-0.2, -0.15) is 0 Å². The van der Waals surface area contributed by atoms with E-state index in [1.165, 1.54) is 5.56 Å². The van der Waals surface area contributed by atoms with Gasteiger partial charge < -0.3 is 5.11 Å². The minimum absolute atomic E-state index is 0.132. The van der Waals surface area contributed by atoms with E-state index in [2.05, 4.69) is 52.0 Å². The molecule has 0 radical (unpaired) electrons. The standard InChI is InChI=1S/C17H25BrN2O2/c1-13(14-5-7-15(18)8-6-14)20-10-3-4-16(9-11-20)19(2)12-17(21)22/h5-8,13,16H,3-4,9-12H2,1-2H3,(H,21,22). The largest absolute Gasteiger partial charge is 0.480 e. The molecule has 122 valence electrons. The van der Waals surface area contributed by atoms with Gasteiger partial charge in [-0.1, -0.05) is 28.1 Å². The number of likely N-dealkylation sites (tertiary alicyclic amines) is 1. The minimum atomic E-state index is -0.744. The Labute approximate surface area is 141 Å². The molecule has 1 heterocycles. The zero-order valence-corrected chi connectivity index (χ0v) is 14.9. The van der Waals surface area contributed by atoms with Gasteiger partial charge in [0.2, 0.25) is 0 Å². The maximum absolute atomic E-state index is 10.9. The summed E-state index contributed by atoms with van der Waals surface area (Å²) in [5.74, 6) is -0.744.